The molecule has 2 heteroatoms. The van der Waals surface area contributed by atoms with E-state index in [9.17, 15) is 0 Å². The summed E-state index contributed by atoms with van der Waals surface area (Å²) in [5, 5.41) is 7.48. The van der Waals surface area contributed by atoms with Crippen molar-refractivity contribution in [1.29, 1.82) is 0 Å². The van der Waals surface area contributed by atoms with Crippen molar-refractivity contribution in [3.05, 3.63) is 182 Å². The monoisotopic (exact) mass is 586 g/mol. The second-order valence-corrected chi connectivity index (χ2v) is 11.8. The van der Waals surface area contributed by atoms with E-state index in [1.54, 1.807) is 0 Å². The average molecular weight is 587 g/mol. The average Bonchev–Trinajstić information content (AvgIpc) is 3.48. The van der Waals surface area contributed by atoms with E-state index in [4.69, 9.17) is 0 Å². The molecule has 0 fully saturated rings. The molecule has 1 heterocycles. The van der Waals surface area contributed by atoms with Crippen LogP contribution in [0, 0.1) is 0 Å². The first-order valence-electron chi connectivity index (χ1n) is 15.8. The number of hydrogen-bond acceptors (Lipinski definition) is 1. The van der Waals surface area contributed by atoms with Crippen LogP contribution < -0.4 is 4.90 Å². The molecule has 0 amide bonds. The molecule has 0 aliphatic carbocycles. The highest BCUT2D eigenvalue weighted by molar-refractivity contribution is 6.18. The van der Waals surface area contributed by atoms with Crippen molar-refractivity contribution >= 4 is 60.4 Å². The lowest BCUT2D eigenvalue weighted by Gasteiger charge is -2.26. The lowest BCUT2D eigenvalue weighted by atomic mass is 10.0. The maximum atomic E-state index is 2.44. The molecule has 0 atom stereocenters. The summed E-state index contributed by atoms with van der Waals surface area (Å²) in [6.07, 6.45) is 0. The number of para-hydroxylation sites is 2. The minimum absolute atomic E-state index is 1.12. The summed E-state index contributed by atoms with van der Waals surface area (Å²) in [6.45, 7) is 0. The van der Waals surface area contributed by atoms with Crippen LogP contribution >= 0.6 is 0 Å². The van der Waals surface area contributed by atoms with E-state index in [1.807, 2.05) is 0 Å². The summed E-state index contributed by atoms with van der Waals surface area (Å²) >= 11 is 0. The summed E-state index contributed by atoms with van der Waals surface area (Å²) in [4.78, 5) is 2.33. The number of benzene rings is 8. The number of hydrogen-bond donors (Lipinski definition) is 0. The fraction of sp³-hybridized carbons (Fsp3) is 0. The summed E-state index contributed by atoms with van der Waals surface area (Å²) in [7, 11) is 0. The van der Waals surface area contributed by atoms with E-state index < -0.39 is 0 Å². The summed E-state index contributed by atoms with van der Waals surface area (Å²) in [5.41, 5.74) is 9.45. The molecule has 0 spiro atoms. The molecule has 2 nitrogen and oxygen atoms in total. The first-order chi connectivity index (χ1) is 22.8. The van der Waals surface area contributed by atoms with Crippen LogP contribution in [-0.4, -0.2) is 4.57 Å². The molecule has 0 unspecified atom stereocenters. The molecule has 216 valence electrons. The number of nitrogens with zero attached hydrogens (tertiary/aromatic N) is 2. The Balaban J connectivity index is 1.17. The van der Waals surface area contributed by atoms with E-state index in [2.05, 4.69) is 191 Å². The second kappa shape index (κ2) is 10.8. The Kier molecular flexibility index (Phi) is 6.17. The van der Waals surface area contributed by atoms with Gasteiger partial charge in [-0.1, -0.05) is 127 Å². The van der Waals surface area contributed by atoms with Gasteiger partial charge in [0, 0.05) is 38.9 Å². The first kappa shape index (κ1) is 26.3. The maximum absolute atomic E-state index is 2.44. The lowest BCUT2D eigenvalue weighted by molar-refractivity contribution is 1.19. The molecular formula is C44H30N2. The van der Waals surface area contributed by atoms with Crippen LogP contribution in [0.15, 0.2) is 182 Å². The SMILES string of the molecule is c1ccc(-c2ccc(N(c3ccccc3)c3ccc4cc(-n5c6ccccc6c6ccc7ccccc7c65)ccc4c3)cc2)cc1. The Hall–Kier alpha value is -6.12. The molecule has 8 aromatic carbocycles. The summed E-state index contributed by atoms with van der Waals surface area (Å²) < 4.78 is 2.44. The zero-order valence-corrected chi connectivity index (χ0v) is 25.2. The van der Waals surface area contributed by atoms with E-state index in [1.165, 1.54) is 60.2 Å². The summed E-state index contributed by atoms with van der Waals surface area (Å²) in [6, 6.07) is 65.6. The largest absolute Gasteiger partial charge is 0.310 e. The van der Waals surface area contributed by atoms with Gasteiger partial charge in [0.1, 0.15) is 0 Å². The molecule has 46 heavy (non-hydrogen) atoms. The van der Waals surface area contributed by atoms with Gasteiger partial charge in [0.15, 0.2) is 0 Å². The van der Waals surface area contributed by atoms with Gasteiger partial charge in [0.2, 0.25) is 0 Å². The Morgan fingerprint density at radius 2 is 0.935 bits per heavy atom. The lowest BCUT2D eigenvalue weighted by Crippen LogP contribution is -2.09. The molecule has 0 saturated carbocycles. The van der Waals surface area contributed by atoms with Crippen LogP contribution in [0.2, 0.25) is 0 Å². The maximum Gasteiger partial charge on any atom is 0.0619 e. The second-order valence-electron chi connectivity index (χ2n) is 11.8. The molecule has 9 rings (SSSR count). The third-order valence-corrected chi connectivity index (χ3v) is 9.13. The highest BCUT2D eigenvalue weighted by Crippen LogP contribution is 2.39. The quantitative estimate of drug-likeness (QED) is 0.195. The van der Waals surface area contributed by atoms with Gasteiger partial charge < -0.3 is 9.47 Å². The summed E-state index contributed by atoms with van der Waals surface area (Å²) in [5.74, 6) is 0. The minimum Gasteiger partial charge on any atom is -0.310 e. The molecule has 0 saturated heterocycles. The van der Waals surface area contributed by atoms with Gasteiger partial charge in [0.05, 0.1) is 11.0 Å². The number of fused-ring (bicyclic) bond motifs is 6. The normalized spacial score (nSPS) is 11.5. The number of rotatable bonds is 5. The van der Waals surface area contributed by atoms with Gasteiger partial charge in [-0.25, -0.2) is 0 Å². The zero-order chi connectivity index (χ0) is 30.5. The van der Waals surface area contributed by atoms with Crippen molar-refractivity contribution < 1.29 is 0 Å². The topological polar surface area (TPSA) is 8.17 Å². The van der Waals surface area contributed by atoms with Crippen molar-refractivity contribution in [2.45, 2.75) is 0 Å². The molecule has 1 aromatic heterocycles. The predicted molar refractivity (Wildman–Crippen MR) is 196 cm³/mol. The van der Waals surface area contributed by atoms with Crippen LogP contribution in [0.25, 0.3) is 60.2 Å². The predicted octanol–water partition coefficient (Wildman–Crippen LogP) is 12.2. The highest BCUT2D eigenvalue weighted by Gasteiger charge is 2.16. The van der Waals surface area contributed by atoms with Crippen LogP contribution in [0.3, 0.4) is 0 Å². The van der Waals surface area contributed by atoms with Crippen molar-refractivity contribution in [3.63, 3.8) is 0 Å². The van der Waals surface area contributed by atoms with Gasteiger partial charge in [-0.3, -0.25) is 0 Å². The van der Waals surface area contributed by atoms with E-state index >= 15 is 0 Å². The number of anilines is 3. The van der Waals surface area contributed by atoms with Crippen LogP contribution in [0.4, 0.5) is 17.1 Å². The first-order valence-corrected chi connectivity index (χ1v) is 15.8. The Labute approximate surface area is 268 Å². The highest BCUT2D eigenvalue weighted by atomic mass is 15.1. The molecule has 9 aromatic rings. The third kappa shape index (κ3) is 4.35. The molecule has 0 N–H and O–H groups in total. The third-order valence-electron chi connectivity index (χ3n) is 9.13. The van der Waals surface area contributed by atoms with Gasteiger partial charge in [-0.2, -0.15) is 0 Å². The van der Waals surface area contributed by atoms with Crippen molar-refractivity contribution in [2.24, 2.45) is 0 Å². The fourth-order valence-corrected chi connectivity index (χ4v) is 6.95. The molecule has 0 bridgehead atoms. The van der Waals surface area contributed by atoms with Gasteiger partial charge in [0.25, 0.3) is 0 Å². The smallest absolute Gasteiger partial charge is 0.0619 e. The van der Waals surface area contributed by atoms with Gasteiger partial charge in [-0.05, 0) is 81.9 Å². The van der Waals surface area contributed by atoms with Gasteiger partial charge >= 0.3 is 0 Å². The van der Waals surface area contributed by atoms with E-state index in [-0.39, 0.29) is 0 Å². The van der Waals surface area contributed by atoms with Gasteiger partial charge in [-0.15, -0.1) is 0 Å². The zero-order valence-electron chi connectivity index (χ0n) is 25.2. The molecule has 0 aliphatic heterocycles. The van der Waals surface area contributed by atoms with Crippen LogP contribution in [0.5, 0.6) is 0 Å². The van der Waals surface area contributed by atoms with E-state index in [0.29, 0.717) is 0 Å². The Morgan fingerprint density at radius 3 is 1.76 bits per heavy atom. The minimum atomic E-state index is 1.12. The van der Waals surface area contributed by atoms with Crippen molar-refractivity contribution in [1.82, 2.24) is 4.57 Å². The standard InChI is InChI=1S/C44H30N2/c1-3-11-31(12-4-1)32-19-24-37(25-20-32)45(36-14-5-2-6-15-36)38-26-21-35-30-39(27-22-34(35)29-38)46-43-18-10-9-17-41(43)42-28-23-33-13-7-8-16-40(33)44(42)46/h1-30H. The molecular weight excluding hydrogens is 556 g/mol. The van der Waals surface area contributed by atoms with Crippen molar-refractivity contribution in [3.8, 4) is 16.8 Å². The van der Waals surface area contributed by atoms with Crippen molar-refractivity contribution in [2.75, 3.05) is 4.90 Å². The Bertz CT molecular complexity index is 2510. The molecule has 0 radical (unpaired) electrons. The fourth-order valence-electron chi connectivity index (χ4n) is 6.95. The van der Waals surface area contributed by atoms with Crippen LogP contribution in [-0.2, 0) is 0 Å². The Morgan fingerprint density at radius 1 is 0.348 bits per heavy atom. The number of aromatic nitrogens is 1. The van der Waals surface area contributed by atoms with E-state index in [0.717, 1.165) is 17.1 Å². The molecule has 0 aliphatic rings. The van der Waals surface area contributed by atoms with Crippen LogP contribution in [0.1, 0.15) is 0 Å².